The van der Waals surface area contributed by atoms with Crippen molar-refractivity contribution in [1.82, 2.24) is 0 Å². The number of alkyl halides is 4. The first-order chi connectivity index (χ1) is 2.96. The van der Waals surface area contributed by atoms with Crippen molar-refractivity contribution in [3.05, 3.63) is 0 Å². The van der Waals surface area contributed by atoms with Gasteiger partial charge in [0.2, 0.25) is 0 Å². The van der Waals surface area contributed by atoms with Crippen molar-refractivity contribution in [1.29, 1.82) is 0 Å². The number of hydrogen-bond donors (Lipinski definition) is 0. The molecule has 0 spiro atoms. The Balaban J connectivity index is 2.59. The Kier molecular flexibility index (Phi) is 0.534. The summed E-state index contributed by atoms with van der Waals surface area (Å²) < 4.78 is 46.4. The van der Waals surface area contributed by atoms with Crippen molar-refractivity contribution in [3.8, 4) is 0 Å². The lowest BCUT2D eigenvalue weighted by atomic mass is 10.8. The van der Waals surface area contributed by atoms with Gasteiger partial charge < -0.3 is 0 Å². The highest BCUT2D eigenvalue weighted by molar-refractivity contribution is 4.81. The molecule has 0 atom stereocenters. The molecule has 1 aliphatic rings. The van der Waals surface area contributed by atoms with Crippen LogP contribution in [0.5, 0.6) is 0 Å². The van der Waals surface area contributed by atoms with Gasteiger partial charge >= 0.3 is 12.2 Å². The summed E-state index contributed by atoms with van der Waals surface area (Å²) in [4.78, 5) is 0. The first kappa shape index (κ1) is 4.83. The molecule has 1 saturated heterocycles. The van der Waals surface area contributed by atoms with Gasteiger partial charge in [0, 0.05) is 0 Å². The number of halogens is 4. The molecular weight excluding hydrogens is 116 g/mol. The molecule has 0 aromatic heterocycles. The van der Waals surface area contributed by atoms with E-state index in [1.165, 1.54) is 0 Å². The summed E-state index contributed by atoms with van der Waals surface area (Å²) in [7, 11) is 0. The summed E-state index contributed by atoms with van der Waals surface area (Å²) in [6, 6.07) is 0. The van der Waals surface area contributed by atoms with Gasteiger partial charge in [-0.2, -0.15) is 17.6 Å². The summed E-state index contributed by atoms with van der Waals surface area (Å²) in [5.41, 5.74) is 0. The Bertz CT molecular complexity index is 85.9. The zero-order chi connectivity index (χ0) is 5.71. The lowest BCUT2D eigenvalue weighted by molar-refractivity contribution is -0.0278. The van der Waals surface area contributed by atoms with E-state index >= 15 is 0 Å². The van der Waals surface area contributed by atoms with E-state index < -0.39 is 12.2 Å². The molecule has 7 heavy (non-hydrogen) atoms. The van der Waals surface area contributed by atoms with Crippen molar-refractivity contribution in [3.63, 3.8) is 0 Å². The first-order valence-corrected chi connectivity index (χ1v) is 1.41. The Labute approximate surface area is 35.9 Å². The molecule has 0 N–H and O–H groups in total. The van der Waals surface area contributed by atoms with Crippen LogP contribution in [0.15, 0.2) is 0 Å². The van der Waals surface area contributed by atoms with E-state index in [9.17, 15) is 17.6 Å². The Morgan fingerprint density at radius 2 is 1.00 bits per heavy atom. The minimum Gasteiger partial charge on any atom is -0.241 e. The smallest absolute Gasteiger partial charge is 0.241 e. The summed E-state index contributed by atoms with van der Waals surface area (Å²) in [6.45, 7) is 0. The predicted molar refractivity (Wildman–Crippen MR) is 11.0 cm³/mol. The molecular formula is C2F4O. The maximum absolute atomic E-state index is 10.9. The quantitative estimate of drug-likeness (QED) is 0.342. The van der Waals surface area contributed by atoms with Crippen LogP contribution in [0.4, 0.5) is 17.6 Å². The summed E-state index contributed by atoms with van der Waals surface area (Å²) >= 11 is 0. The van der Waals surface area contributed by atoms with Gasteiger partial charge in [-0.1, -0.05) is 0 Å². The van der Waals surface area contributed by atoms with Gasteiger partial charge in [-0.15, -0.1) is 0 Å². The maximum atomic E-state index is 10.9. The normalized spacial score (nSPS) is 32.6. The highest BCUT2D eigenvalue weighted by Gasteiger charge is 2.79. The predicted octanol–water partition coefficient (Wildman–Crippen LogP) is 1.20. The average Bonchev–Trinajstić information content (AvgIpc) is 1.63. The van der Waals surface area contributed by atoms with Crippen LogP contribution in [-0.2, 0) is 4.74 Å². The van der Waals surface area contributed by atoms with Crippen molar-refractivity contribution < 1.29 is 22.3 Å². The van der Waals surface area contributed by atoms with Crippen LogP contribution in [0.1, 0.15) is 0 Å². The molecule has 0 aromatic carbocycles. The third-order valence-corrected chi connectivity index (χ3v) is 0.554. The molecule has 0 aliphatic carbocycles. The molecule has 0 aromatic rings. The zero-order valence-electron chi connectivity index (χ0n) is 2.92. The third-order valence-electron chi connectivity index (χ3n) is 0.554. The van der Waals surface area contributed by atoms with E-state index in [-0.39, 0.29) is 0 Å². The number of epoxide rings is 1. The molecule has 0 radical (unpaired) electrons. The Morgan fingerprint density at radius 3 is 1.00 bits per heavy atom. The van der Waals surface area contributed by atoms with Crippen LogP contribution in [0.25, 0.3) is 0 Å². The van der Waals surface area contributed by atoms with Crippen molar-refractivity contribution in [2.75, 3.05) is 0 Å². The topological polar surface area (TPSA) is 12.5 Å². The molecule has 0 amide bonds. The van der Waals surface area contributed by atoms with Crippen LogP contribution in [0, 0.1) is 0 Å². The van der Waals surface area contributed by atoms with Crippen LogP contribution in [-0.4, -0.2) is 12.2 Å². The van der Waals surface area contributed by atoms with E-state index in [1.54, 1.807) is 0 Å². The SMILES string of the molecule is FC1(F)OC1(F)F. The van der Waals surface area contributed by atoms with Crippen LogP contribution < -0.4 is 0 Å². The molecule has 0 bridgehead atoms. The Hall–Kier alpha value is -0.320. The summed E-state index contributed by atoms with van der Waals surface area (Å²) in [6.07, 6.45) is -8.38. The first-order valence-electron chi connectivity index (χ1n) is 1.41. The third kappa shape index (κ3) is 0.478. The van der Waals surface area contributed by atoms with Gasteiger partial charge in [0.25, 0.3) is 0 Å². The zero-order valence-corrected chi connectivity index (χ0v) is 2.92. The molecule has 1 aliphatic heterocycles. The molecule has 0 saturated carbocycles. The molecule has 1 heterocycles. The van der Waals surface area contributed by atoms with Gasteiger partial charge in [-0.25, -0.2) is 4.74 Å². The highest BCUT2D eigenvalue weighted by Crippen LogP contribution is 2.52. The summed E-state index contributed by atoms with van der Waals surface area (Å²) in [5.74, 6) is 0. The Morgan fingerprint density at radius 1 is 0.857 bits per heavy atom. The molecule has 1 rings (SSSR count). The molecule has 42 valence electrons. The van der Waals surface area contributed by atoms with Crippen molar-refractivity contribution >= 4 is 0 Å². The van der Waals surface area contributed by atoms with Gasteiger partial charge in [-0.3, -0.25) is 0 Å². The lowest BCUT2D eigenvalue weighted by Crippen LogP contribution is -2.02. The number of ether oxygens (including phenoxy) is 1. The number of rotatable bonds is 0. The largest absolute Gasteiger partial charge is 0.453 e. The average molecular weight is 116 g/mol. The van der Waals surface area contributed by atoms with Gasteiger partial charge in [0.1, 0.15) is 0 Å². The molecule has 0 unspecified atom stereocenters. The lowest BCUT2D eigenvalue weighted by Gasteiger charge is -1.78. The van der Waals surface area contributed by atoms with E-state index in [1.807, 2.05) is 0 Å². The fourth-order valence-electron chi connectivity index (χ4n) is 0.135. The van der Waals surface area contributed by atoms with Crippen LogP contribution in [0.3, 0.4) is 0 Å². The minimum atomic E-state index is -4.19. The van der Waals surface area contributed by atoms with Crippen LogP contribution in [0.2, 0.25) is 0 Å². The highest BCUT2D eigenvalue weighted by atomic mass is 19.4. The second kappa shape index (κ2) is 0.774. The van der Waals surface area contributed by atoms with Gasteiger partial charge in [0.05, 0.1) is 0 Å². The summed E-state index contributed by atoms with van der Waals surface area (Å²) in [5, 5.41) is 0. The maximum Gasteiger partial charge on any atom is 0.453 e. The standard InChI is InChI=1S/C2F4O/c3-1(4)2(5,6)7-1. The molecule has 1 fully saturated rings. The van der Waals surface area contributed by atoms with E-state index in [0.29, 0.717) is 0 Å². The van der Waals surface area contributed by atoms with Crippen LogP contribution >= 0.6 is 0 Å². The monoisotopic (exact) mass is 116 g/mol. The van der Waals surface area contributed by atoms with Gasteiger partial charge in [-0.05, 0) is 0 Å². The molecule has 1 nitrogen and oxygen atoms in total. The van der Waals surface area contributed by atoms with E-state index in [4.69, 9.17) is 0 Å². The minimum absolute atomic E-state index is 2.62. The fraction of sp³-hybridized carbons (Fsp3) is 1.00. The number of hydrogen-bond acceptors (Lipinski definition) is 1. The van der Waals surface area contributed by atoms with Crippen molar-refractivity contribution in [2.45, 2.75) is 12.2 Å². The van der Waals surface area contributed by atoms with E-state index in [2.05, 4.69) is 4.74 Å². The van der Waals surface area contributed by atoms with Gasteiger partial charge in [0.15, 0.2) is 0 Å². The molecule has 5 heteroatoms. The van der Waals surface area contributed by atoms with E-state index in [0.717, 1.165) is 0 Å². The second-order valence-electron chi connectivity index (χ2n) is 1.14. The fourth-order valence-corrected chi connectivity index (χ4v) is 0.135. The second-order valence-corrected chi connectivity index (χ2v) is 1.14. The van der Waals surface area contributed by atoms with Crippen molar-refractivity contribution in [2.24, 2.45) is 0 Å².